The van der Waals surface area contributed by atoms with Gasteiger partial charge in [0.1, 0.15) is 10.3 Å². The summed E-state index contributed by atoms with van der Waals surface area (Å²) >= 11 is 2.06. The number of hydrogen-bond acceptors (Lipinski definition) is 4. The molecule has 0 bridgehead atoms. The normalized spacial score (nSPS) is 9.64. The summed E-state index contributed by atoms with van der Waals surface area (Å²) in [6.45, 7) is 0.253. The van der Waals surface area contributed by atoms with Gasteiger partial charge in [0.2, 0.25) is 5.88 Å². The quantitative estimate of drug-likeness (QED) is 0.807. The highest BCUT2D eigenvalue weighted by molar-refractivity contribution is 14.1. The first-order valence-electron chi connectivity index (χ1n) is 3.04. The highest BCUT2D eigenvalue weighted by Gasteiger charge is 1.93. The molecule has 0 aliphatic carbocycles. The number of hydrogen-bond donors (Lipinski definition) is 1. The molecule has 11 heavy (non-hydrogen) atoms. The highest BCUT2D eigenvalue weighted by Crippen LogP contribution is 2.04. The van der Waals surface area contributed by atoms with Crippen molar-refractivity contribution in [2.75, 3.05) is 13.2 Å². The van der Waals surface area contributed by atoms with Crippen LogP contribution in [-0.2, 0) is 0 Å². The molecule has 1 aromatic heterocycles. The Balaban J connectivity index is 2.52. The van der Waals surface area contributed by atoms with E-state index in [2.05, 4.69) is 32.6 Å². The molecular formula is C6H7IN2O2. The van der Waals surface area contributed by atoms with Crippen molar-refractivity contribution in [1.29, 1.82) is 0 Å². The molecule has 1 rings (SSSR count). The van der Waals surface area contributed by atoms with Crippen molar-refractivity contribution < 1.29 is 9.84 Å². The molecule has 1 heterocycles. The topological polar surface area (TPSA) is 55.2 Å². The zero-order valence-corrected chi connectivity index (χ0v) is 7.85. The first kappa shape index (κ1) is 8.66. The predicted molar refractivity (Wildman–Crippen MR) is 47.3 cm³/mol. The van der Waals surface area contributed by atoms with Gasteiger partial charge in [-0.1, -0.05) is 0 Å². The van der Waals surface area contributed by atoms with E-state index in [1.165, 1.54) is 6.20 Å². The molecule has 0 saturated heterocycles. The average Bonchev–Trinajstić information content (AvgIpc) is 2.04. The minimum absolute atomic E-state index is 0.00628. The Bertz CT molecular complexity index is 214. The van der Waals surface area contributed by atoms with Crippen LogP contribution in [-0.4, -0.2) is 28.3 Å². The van der Waals surface area contributed by atoms with E-state index in [9.17, 15) is 0 Å². The van der Waals surface area contributed by atoms with Crippen LogP contribution in [0.2, 0.25) is 0 Å². The average molecular weight is 266 g/mol. The van der Waals surface area contributed by atoms with Crippen LogP contribution in [0.5, 0.6) is 5.88 Å². The monoisotopic (exact) mass is 266 g/mol. The summed E-state index contributed by atoms with van der Waals surface area (Å²) < 4.78 is 5.80. The zero-order chi connectivity index (χ0) is 8.10. The van der Waals surface area contributed by atoms with E-state index in [1.54, 1.807) is 6.20 Å². The van der Waals surface area contributed by atoms with Crippen LogP contribution in [0.1, 0.15) is 0 Å². The second kappa shape index (κ2) is 4.45. The molecule has 5 heteroatoms. The van der Waals surface area contributed by atoms with Gasteiger partial charge >= 0.3 is 0 Å². The molecule has 0 aliphatic heterocycles. The summed E-state index contributed by atoms with van der Waals surface area (Å²) in [4.78, 5) is 7.86. The van der Waals surface area contributed by atoms with Crippen LogP contribution in [0.4, 0.5) is 0 Å². The van der Waals surface area contributed by atoms with Crippen LogP contribution in [0.3, 0.4) is 0 Å². The van der Waals surface area contributed by atoms with Gasteiger partial charge in [-0.3, -0.25) is 0 Å². The third-order valence-electron chi connectivity index (χ3n) is 0.938. The van der Waals surface area contributed by atoms with E-state index in [-0.39, 0.29) is 13.2 Å². The Hall–Kier alpha value is -0.430. The van der Waals surface area contributed by atoms with Crippen molar-refractivity contribution in [3.63, 3.8) is 0 Å². The lowest BCUT2D eigenvalue weighted by molar-refractivity contribution is 0.196. The van der Waals surface area contributed by atoms with Gasteiger partial charge in [-0.2, -0.15) is 0 Å². The molecule has 0 saturated carbocycles. The van der Waals surface area contributed by atoms with Crippen molar-refractivity contribution >= 4 is 22.6 Å². The minimum Gasteiger partial charge on any atom is -0.474 e. The second-order valence-electron chi connectivity index (χ2n) is 1.75. The van der Waals surface area contributed by atoms with Gasteiger partial charge in [-0.15, -0.1) is 0 Å². The van der Waals surface area contributed by atoms with Gasteiger partial charge in [0, 0.05) is 0 Å². The van der Waals surface area contributed by atoms with E-state index in [0.717, 1.165) is 3.70 Å². The van der Waals surface area contributed by atoms with Crippen molar-refractivity contribution in [3.05, 3.63) is 16.1 Å². The molecule has 60 valence electrons. The van der Waals surface area contributed by atoms with E-state index < -0.39 is 0 Å². The molecule has 1 aromatic rings. The molecule has 1 N–H and O–H groups in total. The van der Waals surface area contributed by atoms with Crippen molar-refractivity contribution in [3.8, 4) is 5.88 Å². The van der Waals surface area contributed by atoms with Gasteiger partial charge in [-0.25, -0.2) is 9.97 Å². The molecule has 0 radical (unpaired) electrons. The van der Waals surface area contributed by atoms with Crippen LogP contribution >= 0.6 is 22.6 Å². The summed E-state index contributed by atoms with van der Waals surface area (Å²) in [5.41, 5.74) is 0. The standard InChI is InChI=1S/C6H7IN2O2/c7-5-3-9-6(4-8-5)11-2-1-10/h3-4,10H,1-2H2. The van der Waals surface area contributed by atoms with E-state index in [1.807, 2.05) is 0 Å². The van der Waals surface area contributed by atoms with E-state index in [4.69, 9.17) is 9.84 Å². The molecule has 0 aliphatic rings. The molecule has 0 unspecified atom stereocenters. The van der Waals surface area contributed by atoms with Crippen LogP contribution < -0.4 is 4.74 Å². The van der Waals surface area contributed by atoms with E-state index >= 15 is 0 Å². The summed E-state index contributed by atoms with van der Waals surface area (Å²) in [6, 6.07) is 0. The lowest BCUT2D eigenvalue weighted by Gasteiger charge is -2.00. The third-order valence-corrected chi connectivity index (χ3v) is 1.49. The van der Waals surface area contributed by atoms with Crippen LogP contribution in [0.25, 0.3) is 0 Å². The lowest BCUT2D eigenvalue weighted by Crippen LogP contribution is -2.03. The summed E-state index contributed by atoms with van der Waals surface area (Å²) in [6.07, 6.45) is 3.13. The smallest absolute Gasteiger partial charge is 0.232 e. The maximum Gasteiger partial charge on any atom is 0.232 e. The molecule has 0 fully saturated rings. The first-order valence-corrected chi connectivity index (χ1v) is 4.12. The summed E-state index contributed by atoms with van der Waals surface area (Å²) in [5.74, 6) is 0.444. The fourth-order valence-electron chi connectivity index (χ4n) is 0.525. The number of aromatic nitrogens is 2. The van der Waals surface area contributed by atoms with Crippen molar-refractivity contribution in [2.45, 2.75) is 0 Å². The van der Waals surface area contributed by atoms with Gasteiger partial charge < -0.3 is 9.84 Å². The second-order valence-corrected chi connectivity index (χ2v) is 2.85. The first-order chi connectivity index (χ1) is 5.33. The summed E-state index contributed by atoms with van der Waals surface area (Å²) in [7, 11) is 0. The number of aliphatic hydroxyl groups excluding tert-OH is 1. The fourth-order valence-corrected chi connectivity index (χ4v) is 0.804. The van der Waals surface area contributed by atoms with Crippen LogP contribution in [0, 0.1) is 3.70 Å². The fraction of sp³-hybridized carbons (Fsp3) is 0.333. The van der Waals surface area contributed by atoms with Gasteiger partial charge in [0.15, 0.2) is 0 Å². The molecule has 0 atom stereocenters. The third kappa shape index (κ3) is 2.98. The molecule has 4 nitrogen and oxygen atoms in total. The molecule has 0 amide bonds. The summed E-state index contributed by atoms with van der Waals surface area (Å²) in [5, 5.41) is 8.41. The maximum absolute atomic E-state index is 8.41. The zero-order valence-electron chi connectivity index (χ0n) is 5.70. The van der Waals surface area contributed by atoms with E-state index in [0.29, 0.717) is 5.88 Å². The number of halogens is 1. The van der Waals surface area contributed by atoms with Crippen LogP contribution in [0.15, 0.2) is 12.4 Å². The van der Waals surface area contributed by atoms with Gasteiger partial charge in [0.05, 0.1) is 19.0 Å². The van der Waals surface area contributed by atoms with Gasteiger partial charge in [0.25, 0.3) is 0 Å². The maximum atomic E-state index is 8.41. The SMILES string of the molecule is OCCOc1cnc(I)cn1. The molecule has 0 aromatic carbocycles. The largest absolute Gasteiger partial charge is 0.474 e. The minimum atomic E-state index is -0.00628. The predicted octanol–water partition coefficient (Wildman–Crippen LogP) is 0.452. The lowest BCUT2D eigenvalue weighted by atomic mass is 10.7. The number of rotatable bonds is 3. The number of ether oxygens (including phenoxy) is 1. The van der Waals surface area contributed by atoms with Crippen molar-refractivity contribution in [2.24, 2.45) is 0 Å². The Morgan fingerprint density at radius 3 is 2.82 bits per heavy atom. The Kier molecular flexibility index (Phi) is 3.50. The number of aliphatic hydroxyl groups is 1. The van der Waals surface area contributed by atoms with Crippen molar-refractivity contribution in [1.82, 2.24) is 9.97 Å². The Labute approximate surface area is 77.8 Å². The molecular weight excluding hydrogens is 259 g/mol. The highest BCUT2D eigenvalue weighted by atomic mass is 127. The number of nitrogens with zero attached hydrogens (tertiary/aromatic N) is 2. The Morgan fingerprint density at radius 2 is 2.27 bits per heavy atom. The van der Waals surface area contributed by atoms with Gasteiger partial charge in [-0.05, 0) is 22.6 Å². The molecule has 0 spiro atoms. The Morgan fingerprint density at radius 1 is 1.45 bits per heavy atom.